The van der Waals surface area contributed by atoms with Crippen molar-refractivity contribution in [2.75, 3.05) is 69.7 Å². The summed E-state index contributed by atoms with van der Waals surface area (Å²) in [5.74, 6) is 0.106. The molecule has 162 valence electrons. The number of likely N-dealkylation sites (tertiary alicyclic amines) is 1. The van der Waals surface area contributed by atoms with Gasteiger partial charge in [-0.1, -0.05) is 0 Å². The molecule has 0 unspecified atom stereocenters. The summed E-state index contributed by atoms with van der Waals surface area (Å²) < 4.78 is 19.8. The SMILES string of the molecule is C[C@@H](O)CN1CCC(CN(C)C(=O)Nc2ccc(N3CCOCC3)c(F)c2)CC1. The van der Waals surface area contributed by atoms with Crippen LogP contribution in [0, 0.1) is 11.7 Å². The van der Waals surface area contributed by atoms with Crippen LogP contribution in [0.2, 0.25) is 0 Å². The van der Waals surface area contributed by atoms with Crippen molar-refractivity contribution in [2.45, 2.75) is 25.9 Å². The van der Waals surface area contributed by atoms with Crippen LogP contribution in [0.1, 0.15) is 19.8 Å². The maximum absolute atomic E-state index is 14.5. The second kappa shape index (κ2) is 10.2. The smallest absolute Gasteiger partial charge is 0.321 e. The van der Waals surface area contributed by atoms with Gasteiger partial charge in [-0.2, -0.15) is 0 Å². The average molecular weight is 409 g/mol. The zero-order valence-corrected chi connectivity index (χ0v) is 17.4. The van der Waals surface area contributed by atoms with Gasteiger partial charge < -0.3 is 29.9 Å². The fraction of sp³-hybridized carbons (Fsp3) is 0.667. The Balaban J connectivity index is 1.47. The minimum Gasteiger partial charge on any atom is -0.392 e. The van der Waals surface area contributed by atoms with Gasteiger partial charge in [0.05, 0.1) is 25.0 Å². The third kappa shape index (κ3) is 6.29. The van der Waals surface area contributed by atoms with Crippen LogP contribution in [0.25, 0.3) is 0 Å². The van der Waals surface area contributed by atoms with Crippen molar-refractivity contribution >= 4 is 17.4 Å². The number of piperidine rings is 1. The van der Waals surface area contributed by atoms with E-state index >= 15 is 0 Å². The Labute approximate surface area is 172 Å². The van der Waals surface area contributed by atoms with Crippen LogP contribution >= 0.6 is 0 Å². The quantitative estimate of drug-likeness (QED) is 0.756. The number of nitrogens with one attached hydrogen (secondary N) is 1. The molecular weight excluding hydrogens is 375 g/mol. The van der Waals surface area contributed by atoms with Crippen LogP contribution in [-0.2, 0) is 4.74 Å². The highest BCUT2D eigenvalue weighted by molar-refractivity contribution is 5.89. The molecule has 2 heterocycles. The first-order valence-electron chi connectivity index (χ1n) is 10.5. The van der Waals surface area contributed by atoms with Gasteiger partial charge in [0, 0.05) is 38.9 Å². The topological polar surface area (TPSA) is 68.3 Å². The predicted octanol–water partition coefficient (Wildman–Crippen LogP) is 2.22. The van der Waals surface area contributed by atoms with Gasteiger partial charge in [0.2, 0.25) is 0 Å². The molecule has 29 heavy (non-hydrogen) atoms. The number of halogens is 1. The number of rotatable bonds is 6. The molecule has 2 N–H and O–H groups in total. The molecule has 1 aromatic carbocycles. The Hall–Kier alpha value is -1.90. The molecule has 0 bridgehead atoms. The molecule has 0 aromatic heterocycles. The number of ether oxygens (including phenoxy) is 1. The molecule has 0 saturated carbocycles. The van der Waals surface area contributed by atoms with E-state index in [0.717, 1.165) is 25.9 Å². The summed E-state index contributed by atoms with van der Waals surface area (Å²) in [6.45, 7) is 7.60. The number of anilines is 2. The van der Waals surface area contributed by atoms with Crippen molar-refractivity contribution in [3.05, 3.63) is 24.0 Å². The van der Waals surface area contributed by atoms with Crippen LogP contribution in [0.4, 0.5) is 20.6 Å². The zero-order chi connectivity index (χ0) is 20.8. The summed E-state index contributed by atoms with van der Waals surface area (Å²) in [5.41, 5.74) is 1.01. The molecule has 0 radical (unpaired) electrons. The standard InChI is InChI=1S/C21H33FN4O3/c1-16(27)14-25-7-5-17(6-8-25)15-24(2)21(28)23-18-3-4-20(19(22)13-18)26-9-11-29-12-10-26/h3-4,13,16-17,27H,5-12,14-15H2,1-2H3,(H,23,28)/t16-/m1/s1. The van der Waals surface area contributed by atoms with Gasteiger partial charge in [0.15, 0.2) is 0 Å². The third-order valence-electron chi connectivity index (χ3n) is 5.66. The Morgan fingerprint density at radius 1 is 1.31 bits per heavy atom. The lowest BCUT2D eigenvalue weighted by Gasteiger charge is -2.34. The molecular formula is C21H33FN4O3. The van der Waals surface area contributed by atoms with Gasteiger partial charge in [-0.15, -0.1) is 0 Å². The number of aliphatic hydroxyl groups excluding tert-OH is 1. The number of carbonyl (C=O) groups excluding carboxylic acids is 1. The number of aliphatic hydroxyl groups is 1. The molecule has 2 aliphatic heterocycles. The number of hydrogen-bond acceptors (Lipinski definition) is 5. The summed E-state index contributed by atoms with van der Waals surface area (Å²) >= 11 is 0. The Bertz CT molecular complexity index is 674. The molecule has 2 amide bonds. The van der Waals surface area contributed by atoms with E-state index in [1.165, 1.54) is 6.07 Å². The summed E-state index contributed by atoms with van der Waals surface area (Å²) in [6, 6.07) is 4.61. The van der Waals surface area contributed by atoms with E-state index in [9.17, 15) is 14.3 Å². The highest BCUT2D eigenvalue weighted by Gasteiger charge is 2.23. The summed E-state index contributed by atoms with van der Waals surface area (Å²) in [4.78, 5) is 18.4. The van der Waals surface area contributed by atoms with Crippen LogP contribution in [0.5, 0.6) is 0 Å². The second-order valence-electron chi connectivity index (χ2n) is 8.17. The fourth-order valence-electron chi connectivity index (χ4n) is 4.06. The maximum atomic E-state index is 14.5. The molecule has 2 saturated heterocycles. The number of benzene rings is 1. The third-order valence-corrected chi connectivity index (χ3v) is 5.66. The minimum absolute atomic E-state index is 0.227. The molecule has 3 rings (SSSR count). The van der Waals surface area contributed by atoms with E-state index < -0.39 is 0 Å². The van der Waals surface area contributed by atoms with Crippen LogP contribution in [-0.4, -0.2) is 86.6 Å². The normalized spacial score (nSPS) is 19.8. The fourth-order valence-corrected chi connectivity index (χ4v) is 4.06. The van der Waals surface area contributed by atoms with E-state index in [1.807, 2.05) is 4.90 Å². The first-order chi connectivity index (χ1) is 13.9. The summed E-state index contributed by atoms with van der Waals surface area (Å²) in [7, 11) is 1.77. The van der Waals surface area contributed by atoms with Crippen LogP contribution in [0.3, 0.4) is 0 Å². The van der Waals surface area contributed by atoms with Crippen LogP contribution < -0.4 is 10.2 Å². The number of morpholine rings is 1. The number of carbonyl (C=O) groups is 1. The number of urea groups is 1. The van der Waals surface area contributed by atoms with Crippen molar-refractivity contribution in [1.29, 1.82) is 0 Å². The lowest BCUT2D eigenvalue weighted by Crippen LogP contribution is -2.42. The Morgan fingerprint density at radius 2 is 2.00 bits per heavy atom. The Kier molecular flexibility index (Phi) is 7.69. The van der Waals surface area contributed by atoms with Crippen LogP contribution in [0.15, 0.2) is 18.2 Å². The molecule has 0 spiro atoms. The van der Waals surface area contributed by atoms with Crippen molar-refractivity contribution in [3.63, 3.8) is 0 Å². The number of nitrogens with zero attached hydrogens (tertiary/aromatic N) is 3. The van der Waals surface area contributed by atoms with Gasteiger partial charge in [-0.25, -0.2) is 9.18 Å². The van der Waals surface area contributed by atoms with Crippen molar-refractivity contribution in [3.8, 4) is 0 Å². The van der Waals surface area contributed by atoms with Gasteiger partial charge in [0.1, 0.15) is 5.82 Å². The van der Waals surface area contributed by atoms with Gasteiger partial charge >= 0.3 is 6.03 Å². The van der Waals surface area contributed by atoms with E-state index in [2.05, 4.69) is 10.2 Å². The number of β-amino-alcohol motifs (C(OH)–C–C–N with tert-alkyl or cyclic N) is 1. The van der Waals surface area contributed by atoms with E-state index in [-0.39, 0.29) is 18.0 Å². The van der Waals surface area contributed by atoms with Crippen molar-refractivity contribution in [2.24, 2.45) is 5.92 Å². The average Bonchev–Trinajstić information content (AvgIpc) is 2.70. The molecule has 1 atom stereocenters. The number of amides is 2. The first-order valence-corrected chi connectivity index (χ1v) is 10.5. The molecule has 0 aliphatic carbocycles. The highest BCUT2D eigenvalue weighted by Crippen LogP contribution is 2.24. The second-order valence-corrected chi connectivity index (χ2v) is 8.17. The molecule has 2 aliphatic rings. The first kappa shape index (κ1) is 21.8. The molecule has 2 fully saturated rings. The zero-order valence-electron chi connectivity index (χ0n) is 17.4. The molecule has 1 aromatic rings. The van der Waals surface area contributed by atoms with Gasteiger partial charge in [0.25, 0.3) is 0 Å². The maximum Gasteiger partial charge on any atom is 0.321 e. The largest absolute Gasteiger partial charge is 0.392 e. The Morgan fingerprint density at radius 3 is 2.62 bits per heavy atom. The molecule has 7 nitrogen and oxygen atoms in total. The summed E-state index contributed by atoms with van der Waals surface area (Å²) in [6.07, 6.45) is 1.70. The van der Waals surface area contributed by atoms with Crippen molar-refractivity contribution < 1.29 is 19.0 Å². The van der Waals surface area contributed by atoms with Crippen molar-refractivity contribution in [1.82, 2.24) is 9.80 Å². The molecule has 8 heteroatoms. The monoisotopic (exact) mass is 408 g/mol. The van der Waals surface area contributed by atoms with Gasteiger partial charge in [-0.3, -0.25) is 0 Å². The lowest BCUT2D eigenvalue weighted by molar-refractivity contribution is 0.0951. The summed E-state index contributed by atoms with van der Waals surface area (Å²) in [5, 5.41) is 12.3. The predicted molar refractivity (Wildman–Crippen MR) is 112 cm³/mol. The highest BCUT2D eigenvalue weighted by atomic mass is 19.1. The van der Waals surface area contributed by atoms with E-state index in [0.29, 0.717) is 56.7 Å². The number of hydrogen-bond donors (Lipinski definition) is 2. The van der Waals surface area contributed by atoms with Gasteiger partial charge in [-0.05, 0) is 57.0 Å². The minimum atomic E-state index is -0.335. The van der Waals surface area contributed by atoms with E-state index in [4.69, 9.17) is 4.74 Å². The van der Waals surface area contributed by atoms with E-state index in [1.54, 1.807) is 31.0 Å². The lowest BCUT2D eigenvalue weighted by atomic mass is 9.96.